The monoisotopic (exact) mass is 561 g/mol. The van der Waals surface area contributed by atoms with Crippen LogP contribution in [-0.2, 0) is 12.7 Å². The van der Waals surface area contributed by atoms with Crippen LogP contribution in [0.25, 0.3) is 0 Å². The molecule has 0 radical (unpaired) electrons. The van der Waals surface area contributed by atoms with Crippen molar-refractivity contribution in [1.29, 1.82) is 0 Å². The maximum Gasteiger partial charge on any atom is 0.416 e. The number of pyridine rings is 1. The Morgan fingerprint density at radius 1 is 0.927 bits per heavy atom. The van der Waals surface area contributed by atoms with Gasteiger partial charge >= 0.3 is 12.2 Å². The van der Waals surface area contributed by atoms with Gasteiger partial charge in [-0.25, -0.2) is 9.78 Å². The molecule has 2 N–H and O–H groups in total. The van der Waals surface area contributed by atoms with Gasteiger partial charge in [-0.15, -0.1) is 0 Å². The van der Waals surface area contributed by atoms with Gasteiger partial charge in [0.2, 0.25) is 5.95 Å². The summed E-state index contributed by atoms with van der Waals surface area (Å²) in [6.07, 6.45) is -1.27. The zero-order chi connectivity index (χ0) is 29.5. The average molecular weight is 562 g/mol. The van der Waals surface area contributed by atoms with Crippen molar-refractivity contribution < 1.29 is 22.8 Å². The first kappa shape index (κ1) is 27.6. The van der Waals surface area contributed by atoms with Crippen LogP contribution >= 0.6 is 0 Å². The SMILES string of the molecule is Cc1ccc(Nc2ncc3c(n2)N(C)C(=O)N(c2cc(NC(=O)c4ccc(C)c(C(F)(F)F)c4)ccc2C)C3)cn1. The molecule has 0 atom stereocenters. The summed E-state index contributed by atoms with van der Waals surface area (Å²) in [5.41, 5.74) is 2.92. The maximum atomic E-state index is 13.4. The van der Waals surface area contributed by atoms with Crippen LogP contribution in [0.15, 0.2) is 60.9 Å². The number of benzene rings is 2. The van der Waals surface area contributed by atoms with Crippen molar-refractivity contribution >= 4 is 40.8 Å². The van der Waals surface area contributed by atoms with E-state index in [2.05, 4.69) is 25.6 Å². The second-order valence-electron chi connectivity index (χ2n) is 9.77. The molecule has 4 aromatic rings. The van der Waals surface area contributed by atoms with Crippen molar-refractivity contribution in [3.8, 4) is 0 Å². The lowest BCUT2D eigenvalue weighted by Crippen LogP contribution is -2.46. The van der Waals surface area contributed by atoms with E-state index in [1.165, 1.54) is 28.9 Å². The summed E-state index contributed by atoms with van der Waals surface area (Å²) in [6.45, 7) is 5.22. The Hall–Kier alpha value is -5.00. The molecule has 1 aliphatic heterocycles. The molecule has 9 nitrogen and oxygen atoms in total. The number of carbonyl (C=O) groups excluding carboxylic acids is 2. The molecule has 0 aliphatic carbocycles. The number of nitrogens with one attached hydrogen (secondary N) is 2. The Labute approximate surface area is 234 Å². The van der Waals surface area contributed by atoms with Gasteiger partial charge in [-0.1, -0.05) is 12.1 Å². The lowest BCUT2D eigenvalue weighted by Gasteiger charge is -2.35. The lowest BCUT2D eigenvalue weighted by molar-refractivity contribution is -0.138. The van der Waals surface area contributed by atoms with E-state index in [4.69, 9.17) is 0 Å². The number of urea groups is 1. The molecule has 41 heavy (non-hydrogen) atoms. The highest BCUT2D eigenvalue weighted by Gasteiger charge is 2.34. The predicted octanol–water partition coefficient (Wildman–Crippen LogP) is 6.39. The number of aryl methyl sites for hydroxylation is 3. The second kappa shape index (κ2) is 10.5. The third-order valence-electron chi connectivity index (χ3n) is 6.74. The first-order chi connectivity index (χ1) is 19.4. The second-order valence-corrected chi connectivity index (χ2v) is 9.77. The van der Waals surface area contributed by atoms with Crippen LogP contribution in [0.4, 0.5) is 46.8 Å². The molecule has 2 aromatic heterocycles. The Balaban J connectivity index is 1.38. The summed E-state index contributed by atoms with van der Waals surface area (Å²) in [5.74, 6) is 0.0638. The fraction of sp³-hybridized carbons (Fsp3) is 0.207. The lowest BCUT2D eigenvalue weighted by atomic mass is 10.0. The smallest absolute Gasteiger partial charge is 0.323 e. The van der Waals surface area contributed by atoms with Crippen molar-refractivity contribution in [3.05, 3.63) is 94.4 Å². The highest BCUT2D eigenvalue weighted by atomic mass is 19.4. The molecule has 0 bridgehead atoms. The number of nitrogens with zero attached hydrogens (tertiary/aromatic N) is 5. The molecule has 12 heteroatoms. The van der Waals surface area contributed by atoms with Gasteiger partial charge in [-0.05, 0) is 68.3 Å². The Bertz CT molecular complexity index is 1660. The summed E-state index contributed by atoms with van der Waals surface area (Å²) in [5, 5.41) is 5.73. The maximum absolute atomic E-state index is 13.4. The number of halogens is 3. The van der Waals surface area contributed by atoms with Crippen LogP contribution in [0.2, 0.25) is 0 Å². The summed E-state index contributed by atoms with van der Waals surface area (Å²) in [4.78, 5) is 42.4. The number of amides is 3. The first-order valence-electron chi connectivity index (χ1n) is 12.6. The van der Waals surface area contributed by atoms with Gasteiger partial charge in [0.15, 0.2) is 0 Å². The van der Waals surface area contributed by atoms with Gasteiger partial charge in [0.25, 0.3) is 5.91 Å². The minimum atomic E-state index is -4.58. The molecule has 0 saturated heterocycles. The number of fused-ring (bicyclic) bond motifs is 1. The van der Waals surface area contributed by atoms with Crippen LogP contribution in [0.3, 0.4) is 0 Å². The van der Waals surface area contributed by atoms with Crippen molar-refractivity contribution in [3.63, 3.8) is 0 Å². The highest BCUT2D eigenvalue weighted by molar-refractivity contribution is 6.07. The van der Waals surface area contributed by atoms with E-state index < -0.39 is 17.6 Å². The molecule has 1 aliphatic rings. The van der Waals surface area contributed by atoms with Gasteiger partial charge in [0, 0.05) is 35.8 Å². The van der Waals surface area contributed by atoms with E-state index in [1.807, 2.05) is 26.0 Å². The summed E-state index contributed by atoms with van der Waals surface area (Å²) < 4.78 is 40.0. The zero-order valence-corrected chi connectivity index (χ0v) is 22.7. The molecular formula is C29H26F3N7O2. The first-order valence-corrected chi connectivity index (χ1v) is 12.6. The molecule has 0 fully saturated rings. The van der Waals surface area contributed by atoms with E-state index in [9.17, 15) is 22.8 Å². The number of aromatic nitrogens is 3. The standard InChI is InChI=1S/C29H26F3N7O2/c1-16-5-8-19(11-23(16)29(30,31)32)26(40)35-21-9-6-17(2)24(12-21)39-15-20-13-34-27(37-25(20)38(4)28(39)41)36-22-10-7-18(3)33-14-22/h5-14H,15H2,1-4H3,(H,35,40)(H,34,36,37). The normalized spacial score (nSPS) is 13.2. The van der Waals surface area contributed by atoms with Crippen molar-refractivity contribution in [2.75, 3.05) is 27.5 Å². The molecule has 5 rings (SSSR count). The number of hydrogen-bond acceptors (Lipinski definition) is 6. The van der Waals surface area contributed by atoms with Crippen molar-refractivity contribution in [1.82, 2.24) is 15.0 Å². The van der Waals surface area contributed by atoms with E-state index in [0.29, 0.717) is 34.4 Å². The van der Waals surface area contributed by atoms with E-state index in [1.54, 1.807) is 37.6 Å². The number of anilines is 5. The quantitative estimate of drug-likeness (QED) is 0.293. The van der Waals surface area contributed by atoms with Crippen molar-refractivity contribution in [2.45, 2.75) is 33.5 Å². The molecule has 2 aromatic carbocycles. The van der Waals surface area contributed by atoms with Gasteiger partial charge in [0.1, 0.15) is 5.82 Å². The molecule has 3 heterocycles. The number of rotatable bonds is 5. The molecular weight excluding hydrogens is 535 g/mol. The van der Waals surface area contributed by atoms with Crippen LogP contribution in [-0.4, -0.2) is 33.9 Å². The molecule has 210 valence electrons. The minimum absolute atomic E-state index is 0.0266. The van der Waals surface area contributed by atoms with Crippen LogP contribution in [0.5, 0.6) is 0 Å². The van der Waals surface area contributed by atoms with Gasteiger partial charge < -0.3 is 10.6 Å². The third-order valence-corrected chi connectivity index (χ3v) is 6.74. The number of carbonyl (C=O) groups is 2. The molecule has 0 unspecified atom stereocenters. The topological polar surface area (TPSA) is 103 Å². The molecule has 3 amide bonds. The number of hydrogen-bond donors (Lipinski definition) is 2. The van der Waals surface area contributed by atoms with Gasteiger partial charge in [-0.3, -0.25) is 19.6 Å². The Kier molecular flexibility index (Phi) is 7.08. The largest absolute Gasteiger partial charge is 0.416 e. The average Bonchev–Trinajstić information content (AvgIpc) is 2.93. The van der Waals surface area contributed by atoms with Gasteiger partial charge in [-0.2, -0.15) is 18.2 Å². The summed E-state index contributed by atoms with van der Waals surface area (Å²) >= 11 is 0. The minimum Gasteiger partial charge on any atom is -0.323 e. The van der Waals surface area contributed by atoms with E-state index in [-0.39, 0.29) is 23.7 Å². The zero-order valence-electron chi connectivity index (χ0n) is 22.7. The Morgan fingerprint density at radius 2 is 1.66 bits per heavy atom. The van der Waals surface area contributed by atoms with Crippen molar-refractivity contribution in [2.24, 2.45) is 0 Å². The van der Waals surface area contributed by atoms with Crippen LogP contribution in [0.1, 0.15) is 38.3 Å². The summed E-state index contributed by atoms with van der Waals surface area (Å²) in [7, 11) is 1.61. The van der Waals surface area contributed by atoms with E-state index >= 15 is 0 Å². The fourth-order valence-corrected chi connectivity index (χ4v) is 4.48. The predicted molar refractivity (Wildman–Crippen MR) is 150 cm³/mol. The Morgan fingerprint density at radius 3 is 2.37 bits per heavy atom. The number of alkyl halides is 3. The molecule has 0 saturated carbocycles. The fourth-order valence-electron chi connectivity index (χ4n) is 4.48. The third kappa shape index (κ3) is 5.67. The molecule has 0 spiro atoms. The van der Waals surface area contributed by atoms with Crippen LogP contribution in [0, 0.1) is 20.8 Å². The highest BCUT2D eigenvalue weighted by Crippen LogP contribution is 2.35. The van der Waals surface area contributed by atoms with Crippen LogP contribution < -0.4 is 20.4 Å². The summed E-state index contributed by atoms with van der Waals surface area (Å²) in [6, 6.07) is 11.8. The van der Waals surface area contributed by atoms with E-state index in [0.717, 1.165) is 17.3 Å². The van der Waals surface area contributed by atoms with Gasteiger partial charge in [0.05, 0.1) is 29.7 Å².